The Hall–Kier alpha value is -0.0800. The van der Waals surface area contributed by atoms with Crippen LogP contribution in [0, 0.1) is 0 Å². The minimum atomic E-state index is 0.926. The van der Waals surface area contributed by atoms with Crippen LogP contribution in [0.2, 0.25) is 0 Å². The SMILES string of the molecule is CCN(CC)C1CCCC1.CO. The Morgan fingerprint density at radius 1 is 1.08 bits per heavy atom. The van der Waals surface area contributed by atoms with E-state index in [9.17, 15) is 0 Å². The maximum Gasteiger partial charge on any atom is 0.0319 e. The van der Waals surface area contributed by atoms with Gasteiger partial charge in [0, 0.05) is 13.2 Å². The van der Waals surface area contributed by atoms with E-state index in [1.165, 1.54) is 38.8 Å². The number of aliphatic hydroxyl groups is 1. The first kappa shape index (κ1) is 11.9. The number of rotatable bonds is 3. The van der Waals surface area contributed by atoms with Crippen molar-refractivity contribution in [1.29, 1.82) is 0 Å². The van der Waals surface area contributed by atoms with Gasteiger partial charge in [0.15, 0.2) is 0 Å². The lowest BCUT2D eigenvalue weighted by molar-refractivity contribution is 0.220. The highest BCUT2D eigenvalue weighted by atomic mass is 16.2. The Morgan fingerprint density at radius 3 is 1.83 bits per heavy atom. The fourth-order valence-electron chi connectivity index (χ4n) is 2.01. The van der Waals surface area contributed by atoms with Crippen LogP contribution in [0.3, 0.4) is 0 Å². The zero-order valence-corrected chi connectivity index (χ0v) is 8.71. The summed E-state index contributed by atoms with van der Waals surface area (Å²) in [5, 5.41) is 7.00. The molecule has 12 heavy (non-hydrogen) atoms. The van der Waals surface area contributed by atoms with Crippen molar-refractivity contribution in [3.8, 4) is 0 Å². The van der Waals surface area contributed by atoms with Crippen molar-refractivity contribution < 1.29 is 5.11 Å². The van der Waals surface area contributed by atoms with E-state index >= 15 is 0 Å². The Kier molecular flexibility index (Phi) is 7.51. The fraction of sp³-hybridized carbons (Fsp3) is 1.00. The standard InChI is InChI=1S/C9H19N.CH4O/c1-3-10(4-2)9-7-5-6-8-9;1-2/h9H,3-8H2,1-2H3;2H,1H3. The van der Waals surface area contributed by atoms with Crippen LogP contribution < -0.4 is 0 Å². The van der Waals surface area contributed by atoms with Gasteiger partial charge in [0.25, 0.3) is 0 Å². The van der Waals surface area contributed by atoms with Crippen molar-refractivity contribution in [2.75, 3.05) is 20.2 Å². The number of hydrogen-bond donors (Lipinski definition) is 1. The Labute approximate surface area is 76.6 Å². The average molecular weight is 173 g/mol. The highest BCUT2D eigenvalue weighted by Crippen LogP contribution is 2.22. The zero-order valence-electron chi connectivity index (χ0n) is 8.71. The molecule has 0 heterocycles. The summed E-state index contributed by atoms with van der Waals surface area (Å²) in [7, 11) is 1.00. The number of aliphatic hydroxyl groups excluding tert-OH is 1. The van der Waals surface area contributed by atoms with Crippen molar-refractivity contribution in [1.82, 2.24) is 4.90 Å². The van der Waals surface area contributed by atoms with E-state index in [4.69, 9.17) is 5.11 Å². The maximum atomic E-state index is 7.00. The third kappa shape index (κ3) is 3.55. The molecule has 1 aliphatic carbocycles. The summed E-state index contributed by atoms with van der Waals surface area (Å²) in [5.74, 6) is 0. The lowest BCUT2D eigenvalue weighted by Crippen LogP contribution is -2.32. The lowest BCUT2D eigenvalue weighted by atomic mass is 10.2. The molecule has 74 valence electrons. The first-order valence-corrected chi connectivity index (χ1v) is 5.07. The van der Waals surface area contributed by atoms with Gasteiger partial charge in [-0.1, -0.05) is 26.7 Å². The fourth-order valence-corrected chi connectivity index (χ4v) is 2.01. The van der Waals surface area contributed by atoms with Gasteiger partial charge < -0.3 is 10.0 Å². The summed E-state index contributed by atoms with van der Waals surface area (Å²) in [6.45, 7) is 7.01. The van der Waals surface area contributed by atoms with Crippen molar-refractivity contribution >= 4 is 0 Å². The van der Waals surface area contributed by atoms with Crippen LogP contribution in [0.25, 0.3) is 0 Å². The highest BCUT2D eigenvalue weighted by Gasteiger charge is 2.19. The normalized spacial score (nSPS) is 17.8. The van der Waals surface area contributed by atoms with Gasteiger partial charge >= 0.3 is 0 Å². The van der Waals surface area contributed by atoms with Crippen LogP contribution in [0.1, 0.15) is 39.5 Å². The molecule has 0 aromatic rings. The molecule has 1 saturated carbocycles. The molecule has 0 atom stereocenters. The van der Waals surface area contributed by atoms with Crippen LogP contribution in [0.5, 0.6) is 0 Å². The summed E-state index contributed by atoms with van der Waals surface area (Å²) in [6, 6.07) is 0.926. The second-order valence-electron chi connectivity index (χ2n) is 3.16. The molecule has 1 N–H and O–H groups in total. The molecule has 1 rings (SSSR count). The molecule has 1 fully saturated rings. The maximum absolute atomic E-state index is 7.00. The first-order chi connectivity index (χ1) is 5.88. The van der Waals surface area contributed by atoms with Crippen LogP contribution in [0.4, 0.5) is 0 Å². The third-order valence-electron chi connectivity index (χ3n) is 2.65. The number of hydrogen-bond acceptors (Lipinski definition) is 2. The molecule has 0 aliphatic heterocycles. The Bertz CT molecular complexity index is 85.8. The van der Waals surface area contributed by atoms with Gasteiger partial charge in [0.05, 0.1) is 0 Å². The summed E-state index contributed by atoms with van der Waals surface area (Å²) in [6.07, 6.45) is 5.81. The smallest absolute Gasteiger partial charge is 0.0319 e. The predicted molar refractivity (Wildman–Crippen MR) is 53.3 cm³/mol. The average Bonchev–Trinajstić information content (AvgIpc) is 2.64. The summed E-state index contributed by atoms with van der Waals surface area (Å²) < 4.78 is 0. The van der Waals surface area contributed by atoms with E-state index in [0.29, 0.717) is 0 Å². The largest absolute Gasteiger partial charge is 0.400 e. The minimum absolute atomic E-state index is 0.926. The van der Waals surface area contributed by atoms with Gasteiger partial charge in [-0.3, -0.25) is 0 Å². The minimum Gasteiger partial charge on any atom is -0.400 e. The van der Waals surface area contributed by atoms with Crippen molar-refractivity contribution in [2.24, 2.45) is 0 Å². The van der Waals surface area contributed by atoms with E-state index in [1.807, 2.05) is 0 Å². The quantitative estimate of drug-likeness (QED) is 0.704. The van der Waals surface area contributed by atoms with Gasteiger partial charge in [-0.2, -0.15) is 0 Å². The van der Waals surface area contributed by atoms with E-state index in [-0.39, 0.29) is 0 Å². The summed E-state index contributed by atoms with van der Waals surface area (Å²) in [5.41, 5.74) is 0. The van der Waals surface area contributed by atoms with Gasteiger partial charge in [0.2, 0.25) is 0 Å². The monoisotopic (exact) mass is 173 g/mol. The van der Waals surface area contributed by atoms with Gasteiger partial charge in [-0.05, 0) is 25.9 Å². The Morgan fingerprint density at radius 2 is 1.50 bits per heavy atom. The highest BCUT2D eigenvalue weighted by molar-refractivity contribution is 4.75. The van der Waals surface area contributed by atoms with Crippen LogP contribution >= 0.6 is 0 Å². The van der Waals surface area contributed by atoms with Crippen molar-refractivity contribution in [3.63, 3.8) is 0 Å². The number of nitrogens with zero attached hydrogens (tertiary/aromatic N) is 1. The molecule has 2 heteroatoms. The molecule has 0 saturated heterocycles. The molecule has 0 bridgehead atoms. The molecule has 0 spiro atoms. The van der Waals surface area contributed by atoms with Crippen molar-refractivity contribution in [3.05, 3.63) is 0 Å². The second-order valence-corrected chi connectivity index (χ2v) is 3.16. The van der Waals surface area contributed by atoms with Crippen LogP contribution in [-0.4, -0.2) is 36.2 Å². The van der Waals surface area contributed by atoms with E-state index in [0.717, 1.165) is 13.2 Å². The van der Waals surface area contributed by atoms with E-state index in [2.05, 4.69) is 18.7 Å². The molecule has 2 nitrogen and oxygen atoms in total. The summed E-state index contributed by atoms with van der Waals surface area (Å²) >= 11 is 0. The Balaban J connectivity index is 0.000000561. The molecule has 0 aromatic carbocycles. The van der Waals surface area contributed by atoms with Crippen LogP contribution in [0.15, 0.2) is 0 Å². The third-order valence-corrected chi connectivity index (χ3v) is 2.65. The van der Waals surface area contributed by atoms with Gasteiger partial charge in [-0.15, -0.1) is 0 Å². The molecule has 0 radical (unpaired) electrons. The zero-order chi connectivity index (χ0) is 9.40. The van der Waals surface area contributed by atoms with Gasteiger partial charge in [-0.25, -0.2) is 0 Å². The topological polar surface area (TPSA) is 23.5 Å². The molecule has 1 aliphatic rings. The van der Waals surface area contributed by atoms with Gasteiger partial charge in [0.1, 0.15) is 0 Å². The molecule has 0 unspecified atom stereocenters. The van der Waals surface area contributed by atoms with Crippen LogP contribution in [-0.2, 0) is 0 Å². The first-order valence-electron chi connectivity index (χ1n) is 5.07. The lowest BCUT2D eigenvalue weighted by Gasteiger charge is -2.25. The predicted octanol–water partition coefficient (Wildman–Crippen LogP) is 1.88. The summed E-state index contributed by atoms with van der Waals surface area (Å²) in [4.78, 5) is 2.59. The van der Waals surface area contributed by atoms with E-state index in [1.54, 1.807) is 0 Å². The molecular weight excluding hydrogens is 150 g/mol. The molecule has 0 aromatic heterocycles. The second kappa shape index (κ2) is 7.56. The molecule has 0 amide bonds. The van der Waals surface area contributed by atoms with E-state index < -0.39 is 0 Å². The molecular formula is C10H23NO. The van der Waals surface area contributed by atoms with Crippen molar-refractivity contribution in [2.45, 2.75) is 45.6 Å².